The third-order valence-corrected chi connectivity index (χ3v) is 8.19. The van der Waals surface area contributed by atoms with Gasteiger partial charge >= 0.3 is 0 Å². The molecule has 10 heteroatoms. The number of rotatable bonds is 22. The molecule has 0 aliphatic rings. The average molecular weight is 633 g/mol. The normalized spacial score (nSPS) is 14.5. The summed E-state index contributed by atoms with van der Waals surface area (Å²) in [4.78, 5) is 30.7. The van der Waals surface area contributed by atoms with Crippen LogP contribution in [0.5, 0.6) is 5.75 Å². The van der Waals surface area contributed by atoms with Crippen LogP contribution < -0.4 is 15.6 Å². The molecule has 0 heterocycles. The minimum Gasteiger partial charge on any atom is -0.457 e. The minimum atomic E-state index is -3.62. The van der Waals surface area contributed by atoms with Crippen molar-refractivity contribution in [1.82, 2.24) is 9.80 Å². The maximum absolute atomic E-state index is 13.7. The van der Waals surface area contributed by atoms with E-state index in [-0.39, 0.29) is 17.6 Å². The van der Waals surface area contributed by atoms with Gasteiger partial charge in [0.25, 0.3) is 0 Å². The van der Waals surface area contributed by atoms with Gasteiger partial charge in [0.15, 0.2) is 0 Å². The Morgan fingerprint density at radius 1 is 1.05 bits per heavy atom. The SMILES string of the molecule is C=C/C=C(\C=C/CS(N)(=O)=O)Oc1ccc(CN(CCC)CCC(C)(C(N)=O)N(CCCCC)C(=O)[C@H](C)CC(C)C)cc1. The number of amides is 2. The van der Waals surface area contributed by atoms with Crippen molar-refractivity contribution in [2.24, 2.45) is 22.7 Å². The number of unbranched alkanes of at least 4 members (excludes halogenated alkanes) is 2. The second kappa shape index (κ2) is 19.4. The summed E-state index contributed by atoms with van der Waals surface area (Å²) < 4.78 is 28.3. The first-order valence-corrected chi connectivity index (χ1v) is 17.5. The molecule has 1 aromatic rings. The molecule has 1 aromatic carbocycles. The Morgan fingerprint density at radius 2 is 1.70 bits per heavy atom. The number of nitrogens with zero attached hydrogens (tertiary/aromatic N) is 2. The smallest absolute Gasteiger partial charge is 0.243 e. The molecule has 4 N–H and O–H groups in total. The van der Waals surface area contributed by atoms with Gasteiger partial charge in [-0.25, -0.2) is 13.6 Å². The highest BCUT2D eigenvalue weighted by molar-refractivity contribution is 7.89. The maximum Gasteiger partial charge on any atom is 0.243 e. The highest BCUT2D eigenvalue weighted by atomic mass is 32.2. The zero-order valence-electron chi connectivity index (χ0n) is 27.8. The summed E-state index contributed by atoms with van der Waals surface area (Å²) in [5.41, 5.74) is 6.01. The second-order valence-electron chi connectivity index (χ2n) is 12.2. The Balaban J connectivity index is 3.09. The Kier molecular flexibility index (Phi) is 17.3. The van der Waals surface area contributed by atoms with Crippen LogP contribution in [0.15, 0.2) is 60.9 Å². The van der Waals surface area contributed by atoms with Gasteiger partial charge in [-0.1, -0.05) is 78.3 Å². The summed E-state index contributed by atoms with van der Waals surface area (Å²) in [6.07, 6.45) is 11.1. The molecule has 1 rings (SSSR count). The summed E-state index contributed by atoms with van der Waals surface area (Å²) in [5, 5.41) is 5.06. The van der Waals surface area contributed by atoms with Gasteiger partial charge < -0.3 is 15.4 Å². The third kappa shape index (κ3) is 14.2. The van der Waals surface area contributed by atoms with Crippen molar-refractivity contribution in [1.29, 1.82) is 0 Å². The zero-order valence-corrected chi connectivity index (χ0v) is 28.6. The van der Waals surface area contributed by atoms with Gasteiger partial charge in [0, 0.05) is 25.6 Å². The van der Waals surface area contributed by atoms with Gasteiger partial charge in [-0.3, -0.25) is 14.5 Å². The number of sulfonamides is 1. The molecular weight excluding hydrogens is 576 g/mol. The first kappa shape index (κ1) is 39.1. The summed E-state index contributed by atoms with van der Waals surface area (Å²) >= 11 is 0. The van der Waals surface area contributed by atoms with Crippen LogP contribution in [-0.4, -0.2) is 61.0 Å². The second-order valence-corrected chi connectivity index (χ2v) is 13.8. The van der Waals surface area contributed by atoms with E-state index in [4.69, 9.17) is 15.6 Å². The highest BCUT2D eigenvalue weighted by Crippen LogP contribution is 2.26. The minimum absolute atomic E-state index is 0.00176. The predicted molar refractivity (Wildman–Crippen MR) is 180 cm³/mol. The molecule has 0 bridgehead atoms. The van der Waals surface area contributed by atoms with Crippen molar-refractivity contribution in [3.05, 3.63) is 66.5 Å². The molecule has 0 radical (unpaired) electrons. The molecule has 2 atom stereocenters. The number of primary sulfonamides is 1. The molecule has 0 fully saturated rings. The van der Waals surface area contributed by atoms with E-state index in [9.17, 15) is 18.0 Å². The Hall–Kier alpha value is -2.95. The number of allylic oxidation sites excluding steroid dienone is 3. The first-order chi connectivity index (χ1) is 20.7. The number of carbonyl (C=O) groups is 2. The van der Waals surface area contributed by atoms with Crippen molar-refractivity contribution < 1.29 is 22.7 Å². The van der Waals surface area contributed by atoms with Gasteiger partial charge in [-0.2, -0.15) is 0 Å². The van der Waals surface area contributed by atoms with Crippen LogP contribution in [0.3, 0.4) is 0 Å². The van der Waals surface area contributed by atoms with Gasteiger partial charge in [0.1, 0.15) is 17.0 Å². The van der Waals surface area contributed by atoms with Crippen molar-refractivity contribution in [3.8, 4) is 5.75 Å². The summed E-state index contributed by atoms with van der Waals surface area (Å²) in [5.74, 6) is 0.426. The molecule has 0 spiro atoms. The van der Waals surface area contributed by atoms with Crippen LogP contribution in [0, 0.1) is 11.8 Å². The largest absolute Gasteiger partial charge is 0.457 e. The lowest BCUT2D eigenvalue weighted by molar-refractivity contribution is -0.149. The number of benzene rings is 1. The van der Waals surface area contributed by atoms with Gasteiger partial charge in [0.05, 0.1) is 5.75 Å². The van der Waals surface area contributed by atoms with E-state index >= 15 is 0 Å². The lowest BCUT2D eigenvalue weighted by atomic mass is 9.89. The number of nitrogens with two attached hydrogens (primary N) is 2. The Bertz CT molecular complexity index is 1210. The maximum atomic E-state index is 13.7. The topological polar surface area (TPSA) is 136 Å². The average Bonchev–Trinajstić information content (AvgIpc) is 2.93. The number of hydrogen-bond acceptors (Lipinski definition) is 6. The van der Waals surface area contributed by atoms with Crippen LogP contribution in [-0.2, 0) is 26.2 Å². The Morgan fingerprint density at radius 3 is 2.23 bits per heavy atom. The molecule has 44 heavy (non-hydrogen) atoms. The Labute approximate surface area is 266 Å². The van der Waals surface area contributed by atoms with Crippen molar-refractivity contribution in [2.45, 2.75) is 92.2 Å². The van der Waals surface area contributed by atoms with E-state index < -0.39 is 21.5 Å². The summed E-state index contributed by atoms with van der Waals surface area (Å²) in [6, 6.07) is 7.64. The van der Waals surface area contributed by atoms with Crippen LogP contribution >= 0.6 is 0 Å². The molecule has 2 amide bonds. The van der Waals surface area contributed by atoms with E-state index in [1.54, 1.807) is 23.1 Å². The lowest BCUT2D eigenvalue weighted by Gasteiger charge is -2.42. The van der Waals surface area contributed by atoms with Gasteiger partial charge in [0.2, 0.25) is 21.8 Å². The fourth-order valence-electron chi connectivity index (χ4n) is 5.14. The lowest BCUT2D eigenvalue weighted by Crippen LogP contribution is -2.60. The highest BCUT2D eigenvalue weighted by Gasteiger charge is 2.41. The quantitative estimate of drug-likeness (QED) is 0.0981. The van der Waals surface area contributed by atoms with E-state index in [0.29, 0.717) is 43.5 Å². The third-order valence-electron chi connectivity index (χ3n) is 7.54. The molecule has 0 saturated heterocycles. The number of hydrogen-bond donors (Lipinski definition) is 2. The summed E-state index contributed by atoms with van der Waals surface area (Å²) in [7, 11) is -3.62. The molecule has 0 aromatic heterocycles. The molecule has 0 aliphatic carbocycles. The van der Waals surface area contributed by atoms with Gasteiger partial charge in [-0.05, 0) is 74.9 Å². The molecule has 0 aliphatic heterocycles. The number of ether oxygens (including phenoxy) is 1. The summed E-state index contributed by atoms with van der Waals surface area (Å²) in [6.45, 7) is 18.5. The molecule has 9 nitrogen and oxygen atoms in total. The van der Waals surface area contributed by atoms with Crippen molar-refractivity contribution >= 4 is 21.8 Å². The van der Waals surface area contributed by atoms with E-state index in [1.165, 1.54) is 6.08 Å². The monoisotopic (exact) mass is 632 g/mol. The predicted octanol–water partition coefficient (Wildman–Crippen LogP) is 5.53. The number of carbonyl (C=O) groups excluding carboxylic acids is 2. The molecular formula is C34H56N4O5S. The van der Waals surface area contributed by atoms with E-state index in [2.05, 4.69) is 39.2 Å². The van der Waals surface area contributed by atoms with E-state index in [0.717, 1.165) is 44.2 Å². The zero-order chi connectivity index (χ0) is 33.3. The van der Waals surface area contributed by atoms with Crippen molar-refractivity contribution in [2.75, 3.05) is 25.4 Å². The van der Waals surface area contributed by atoms with Crippen LogP contribution in [0.25, 0.3) is 0 Å². The van der Waals surface area contributed by atoms with Crippen molar-refractivity contribution in [3.63, 3.8) is 0 Å². The number of primary amides is 1. The van der Waals surface area contributed by atoms with Crippen LogP contribution in [0.1, 0.15) is 85.6 Å². The van der Waals surface area contributed by atoms with E-state index in [1.807, 2.05) is 38.1 Å². The van der Waals surface area contributed by atoms with Gasteiger partial charge in [-0.15, -0.1) is 0 Å². The molecule has 1 unspecified atom stereocenters. The molecule has 248 valence electrons. The molecule has 0 saturated carbocycles. The van der Waals surface area contributed by atoms with Crippen LogP contribution in [0.4, 0.5) is 0 Å². The van der Waals surface area contributed by atoms with Crippen LogP contribution in [0.2, 0.25) is 0 Å². The first-order valence-electron chi connectivity index (χ1n) is 15.8. The fraction of sp³-hybridized carbons (Fsp3) is 0.588. The fourth-order valence-corrected chi connectivity index (χ4v) is 5.51. The standard InChI is InChI=1S/C34H56N4O5S/c1-8-11-12-22-38(32(39)28(6)25-27(4)5)34(7,33(35)40)20-23-37(21-10-3)26-29-16-18-31(19-17-29)43-30(14-9-2)15-13-24-44(36,41)42/h9,13-19,27-28H,2,8,10-12,20-26H2,1,3-7H3,(H2,35,40)(H2,36,41,42)/b15-13-,30-14+/t28-,34?/m1/s1.